The van der Waals surface area contributed by atoms with Crippen molar-refractivity contribution < 1.29 is 14.1 Å². The van der Waals surface area contributed by atoms with Gasteiger partial charge in [-0.15, -0.1) is 0 Å². The molecule has 1 amide bonds. The Morgan fingerprint density at radius 2 is 1.48 bits per heavy atom. The number of nitrogens with one attached hydrogen (secondary N) is 1. The third-order valence-electron chi connectivity index (χ3n) is 7.41. The first-order valence-electron chi connectivity index (χ1n) is 15.5. The number of hydrogen-bond acceptors (Lipinski definition) is 3. The van der Waals surface area contributed by atoms with E-state index < -0.39 is 0 Å². The summed E-state index contributed by atoms with van der Waals surface area (Å²) < 4.78 is 8.43. The van der Waals surface area contributed by atoms with Crippen LogP contribution in [0.1, 0.15) is 126 Å². The monoisotopic (exact) mass is 563 g/mol. The lowest BCUT2D eigenvalue weighted by atomic mass is 9.85. The van der Waals surface area contributed by atoms with Crippen LogP contribution in [0.15, 0.2) is 59.6 Å². The van der Waals surface area contributed by atoms with Crippen LogP contribution in [-0.2, 0) is 12.0 Å². The molecule has 0 fully saturated rings. The van der Waals surface area contributed by atoms with E-state index in [0.29, 0.717) is 12.2 Å². The molecule has 3 aromatic rings. The normalized spacial score (nSPS) is 11.5. The minimum Gasteiger partial charge on any atom is -0.493 e. The minimum absolute atomic E-state index is 0.0584. The fraction of sp³-hybridized carbons (Fsp3) is 0.543. The Bertz CT molecular complexity index is 1120. The molecular formula is C35H51N2O2S+. The molecule has 0 unspecified atom stereocenters. The van der Waals surface area contributed by atoms with Crippen molar-refractivity contribution in [2.45, 2.75) is 117 Å². The Kier molecular flexibility index (Phi) is 13.7. The molecule has 0 aliphatic heterocycles. The summed E-state index contributed by atoms with van der Waals surface area (Å²) in [4.78, 5) is 13.1. The topological polar surface area (TPSA) is 42.2 Å². The second-order valence-electron chi connectivity index (χ2n) is 12.0. The van der Waals surface area contributed by atoms with Crippen molar-refractivity contribution in [1.82, 2.24) is 0 Å². The predicted molar refractivity (Wildman–Crippen MR) is 170 cm³/mol. The molecular weight excluding hydrogens is 512 g/mol. The maximum atomic E-state index is 13.1. The van der Waals surface area contributed by atoms with Crippen molar-refractivity contribution in [3.63, 3.8) is 0 Å². The van der Waals surface area contributed by atoms with Crippen molar-refractivity contribution in [2.75, 3.05) is 11.9 Å². The molecule has 2 aromatic carbocycles. The van der Waals surface area contributed by atoms with Crippen molar-refractivity contribution in [2.24, 2.45) is 0 Å². The van der Waals surface area contributed by atoms with E-state index in [4.69, 9.17) is 4.74 Å². The molecule has 0 saturated carbocycles. The molecule has 4 nitrogen and oxygen atoms in total. The number of benzene rings is 2. The van der Waals surface area contributed by atoms with Crippen LogP contribution in [0.3, 0.4) is 0 Å². The largest absolute Gasteiger partial charge is 0.493 e. The van der Waals surface area contributed by atoms with Gasteiger partial charge in [0.2, 0.25) is 5.51 Å². The van der Waals surface area contributed by atoms with E-state index in [1.165, 1.54) is 76.2 Å². The number of hydrogen-bond donors (Lipinski definition) is 1. The summed E-state index contributed by atoms with van der Waals surface area (Å²) in [7, 11) is 0. The number of nitrogens with zero attached hydrogens (tertiary/aromatic N) is 1. The average Bonchev–Trinajstić information content (AvgIpc) is 3.45. The summed E-state index contributed by atoms with van der Waals surface area (Å²) in [5.41, 5.74) is 5.78. The van der Waals surface area contributed by atoms with E-state index in [2.05, 4.69) is 66.8 Å². The SMILES string of the molecule is CCCCCCCCCCCCCCOc1cc(C(=O)Nc2ccc(C[n+]3ccsc3)cc2)ccc1C(C)(C)C. The lowest BCUT2D eigenvalue weighted by Crippen LogP contribution is -2.30. The van der Waals surface area contributed by atoms with Gasteiger partial charge in [0, 0.05) is 16.8 Å². The van der Waals surface area contributed by atoms with Gasteiger partial charge < -0.3 is 10.1 Å². The number of rotatable bonds is 18. The number of thiazole rings is 1. The molecule has 0 aliphatic carbocycles. The Hall–Kier alpha value is -2.66. The van der Waals surface area contributed by atoms with E-state index in [0.717, 1.165) is 30.0 Å². The lowest BCUT2D eigenvalue weighted by Gasteiger charge is -2.23. The minimum atomic E-state index is -0.115. The number of carbonyl (C=O) groups is 1. The van der Waals surface area contributed by atoms with Crippen molar-refractivity contribution in [1.29, 1.82) is 0 Å². The Balaban J connectivity index is 1.44. The smallest absolute Gasteiger partial charge is 0.255 e. The molecule has 1 aromatic heterocycles. The summed E-state index contributed by atoms with van der Waals surface area (Å²) in [5, 5.41) is 5.11. The third-order valence-corrected chi connectivity index (χ3v) is 8.08. The molecule has 3 rings (SSSR count). The molecule has 40 heavy (non-hydrogen) atoms. The zero-order chi connectivity index (χ0) is 28.6. The standard InChI is InChI=1S/C35H50N2O2S/c1-5-6-7-8-9-10-11-12-13-14-15-16-24-39-33-26-30(19-22-32(33)35(2,3)4)34(38)36-31-20-17-29(18-21-31)27-37-23-25-40-28-37/h17-23,25-26,28H,5-16,24,27H2,1-4H3/p+1. The van der Waals surface area contributed by atoms with Crippen molar-refractivity contribution in [3.05, 3.63) is 76.2 Å². The van der Waals surface area contributed by atoms with E-state index in [-0.39, 0.29) is 11.3 Å². The second kappa shape index (κ2) is 17.2. The summed E-state index contributed by atoms with van der Waals surface area (Å²) in [6.07, 6.45) is 18.0. The molecule has 0 saturated heterocycles. The van der Waals surface area contributed by atoms with Crippen LogP contribution in [0.2, 0.25) is 0 Å². The zero-order valence-electron chi connectivity index (χ0n) is 25.3. The van der Waals surface area contributed by atoms with Gasteiger partial charge in [0.1, 0.15) is 5.75 Å². The predicted octanol–water partition coefficient (Wildman–Crippen LogP) is 9.71. The number of aromatic nitrogens is 1. The molecule has 0 spiro atoms. The van der Waals surface area contributed by atoms with Crippen molar-refractivity contribution in [3.8, 4) is 5.75 Å². The molecule has 218 valence electrons. The van der Waals surface area contributed by atoms with Gasteiger partial charge in [0.05, 0.1) is 12.0 Å². The summed E-state index contributed by atoms with van der Waals surface area (Å²) in [6.45, 7) is 10.4. The summed E-state index contributed by atoms with van der Waals surface area (Å²) >= 11 is 1.68. The quantitative estimate of drug-likeness (QED) is 0.124. The van der Waals surface area contributed by atoms with Crippen LogP contribution < -0.4 is 14.6 Å². The van der Waals surface area contributed by atoms with E-state index in [1.807, 2.05) is 30.3 Å². The zero-order valence-corrected chi connectivity index (χ0v) is 26.2. The molecule has 0 radical (unpaired) electrons. The maximum Gasteiger partial charge on any atom is 0.255 e. The van der Waals surface area contributed by atoms with Gasteiger partial charge >= 0.3 is 0 Å². The van der Waals surface area contributed by atoms with E-state index in [9.17, 15) is 4.79 Å². The molecule has 1 N–H and O–H groups in total. The van der Waals surface area contributed by atoms with Crippen LogP contribution in [0.5, 0.6) is 5.75 Å². The summed E-state index contributed by atoms with van der Waals surface area (Å²) in [6, 6.07) is 13.9. The number of carbonyl (C=O) groups excluding carboxylic acids is 1. The number of ether oxygens (including phenoxy) is 1. The molecule has 0 atom stereocenters. The lowest BCUT2D eigenvalue weighted by molar-refractivity contribution is -0.683. The molecule has 5 heteroatoms. The van der Waals surface area contributed by atoms with Gasteiger partial charge in [-0.05, 0) is 41.7 Å². The fourth-order valence-corrected chi connectivity index (χ4v) is 5.59. The highest BCUT2D eigenvalue weighted by Gasteiger charge is 2.21. The number of unbranched alkanes of at least 4 members (excludes halogenated alkanes) is 11. The number of amides is 1. The number of anilines is 1. The first-order valence-corrected chi connectivity index (χ1v) is 16.4. The van der Waals surface area contributed by atoms with Crippen LogP contribution in [0.25, 0.3) is 0 Å². The van der Waals surface area contributed by atoms with Crippen LogP contribution >= 0.6 is 11.3 Å². The highest BCUT2D eigenvalue weighted by molar-refractivity contribution is 7.07. The van der Waals surface area contributed by atoms with E-state index >= 15 is 0 Å². The maximum absolute atomic E-state index is 13.1. The first-order chi connectivity index (χ1) is 19.4. The molecule has 0 aliphatic rings. The van der Waals surface area contributed by atoms with Crippen molar-refractivity contribution >= 4 is 22.9 Å². The van der Waals surface area contributed by atoms with Gasteiger partial charge in [0.25, 0.3) is 5.91 Å². The van der Waals surface area contributed by atoms with Gasteiger partial charge in [-0.25, -0.2) is 0 Å². The Morgan fingerprint density at radius 3 is 2.05 bits per heavy atom. The van der Waals surface area contributed by atoms with Gasteiger partial charge in [-0.1, -0.05) is 128 Å². The van der Waals surface area contributed by atoms with Crippen LogP contribution in [0.4, 0.5) is 5.69 Å². The van der Waals surface area contributed by atoms with Gasteiger partial charge in [0.15, 0.2) is 12.7 Å². The van der Waals surface area contributed by atoms with Crippen LogP contribution in [0, 0.1) is 0 Å². The molecule has 1 heterocycles. The molecule has 0 bridgehead atoms. The highest BCUT2D eigenvalue weighted by atomic mass is 32.1. The highest BCUT2D eigenvalue weighted by Crippen LogP contribution is 2.32. The summed E-state index contributed by atoms with van der Waals surface area (Å²) in [5.74, 6) is 0.710. The fourth-order valence-electron chi connectivity index (χ4n) is 4.99. The Labute approximate surface area is 247 Å². The average molecular weight is 564 g/mol. The van der Waals surface area contributed by atoms with Crippen LogP contribution in [-0.4, -0.2) is 12.5 Å². The second-order valence-corrected chi connectivity index (χ2v) is 12.8. The first kappa shape index (κ1) is 31.9. The van der Waals surface area contributed by atoms with Gasteiger partial charge in [-0.3, -0.25) is 4.79 Å². The van der Waals surface area contributed by atoms with E-state index in [1.54, 1.807) is 11.3 Å². The Morgan fingerprint density at radius 1 is 0.850 bits per heavy atom. The van der Waals surface area contributed by atoms with Gasteiger partial charge in [-0.2, -0.15) is 4.57 Å². The third kappa shape index (κ3) is 11.4.